The Bertz CT molecular complexity index is 463. The minimum absolute atomic E-state index is 0.321. The second-order valence-electron chi connectivity index (χ2n) is 4.60. The van der Waals surface area contributed by atoms with Crippen LogP contribution in [0, 0.1) is 34.0 Å². The maximum absolute atomic E-state index is 11.8. The SMILES string of the molecule is N#CC1=C(S)NC(=O)[C@H](C#N)C12CCCCC2. The van der Waals surface area contributed by atoms with Crippen molar-refractivity contribution in [1.82, 2.24) is 5.32 Å². The molecule has 2 rings (SSSR count). The highest BCUT2D eigenvalue weighted by molar-refractivity contribution is 7.84. The molecule has 0 bridgehead atoms. The van der Waals surface area contributed by atoms with E-state index in [0.29, 0.717) is 10.6 Å². The van der Waals surface area contributed by atoms with Gasteiger partial charge in [0, 0.05) is 5.41 Å². The van der Waals surface area contributed by atoms with Crippen LogP contribution in [0.25, 0.3) is 0 Å². The maximum Gasteiger partial charge on any atom is 0.243 e. The number of nitrogens with one attached hydrogen (secondary N) is 1. The molecule has 4 nitrogen and oxygen atoms in total. The third-order valence-corrected chi connectivity index (χ3v) is 4.11. The number of rotatable bonds is 0. The highest BCUT2D eigenvalue weighted by Gasteiger charge is 2.50. The molecule has 0 aromatic carbocycles. The van der Waals surface area contributed by atoms with Gasteiger partial charge >= 0.3 is 0 Å². The minimum atomic E-state index is -0.756. The van der Waals surface area contributed by atoms with Crippen molar-refractivity contribution < 1.29 is 4.79 Å². The molecule has 1 aliphatic carbocycles. The van der Waals surface area contributed by atoms with E-state index in [1.807, 2.05) is 0 Å². The Morgan fingerprint density at radius 3 is 2.47 bits per heavy atom. The molecule has 1 aliphatic heterocycles. The van der Waals surface area contributed by atoms with Gasteiger partial charge in [0.2, 0.25) is 5.91 Å². The first-order valence-corrected chi connectivity index (χ1v) is 6.15. The van der Waals surface area contributed by atoms with Gasteiger partial charge in [-0.05, 0) is 12.8 Å². The minimum Gasteiger partial charge on any atom is -0.319 e. The van der Waals surface area contributed by atoms with Gasteiger partial charge in [-0.15, -0.1) is 12.6 Å². The predicted molar refractivity (Wildman–Crippen MR) is 64.4 cm³/mol. The number of carbonyl (C=O) groups is 1. The lowest BCUT2D eigenvalue weighted by atomic mass is 9.61. The van der Waals surface area contributed by atoms with E-state index in [-0.39, 0.29) is 5.91 Å². The smallest absolute Gasteiger partial charge is 0.243 e. The average Bonchev–Trinajstić information content (AvgIpc) is 2.30. The summed E-state index contributed by atoms with van der Waals surface area (Å²) in [4.78, 5) is 11.8. The second-order valence-corrected chi connectivity index (χ2v) is 5.05. The zero-order valence-corrected chi connectivity index (χ0v) is 10.3. The van der Waals surface area contributed by atoms with Gasteiger partial charge in [-0.1, -0.05) is 19.3 Å². The predicted octanol–water partition coefficient (Wildman–Crippen LogP) is 1.87. The summed E-state index contributed by atoms with van der Waals surface area (Å²) in [5.41, 5.74) is -0.118. The van der Waals surface area contributed by atoms with Gasteiger partial charge in [-0.25, -0.2) is 0 Å². The van der Waals surface area contributed by atoms with Crippen LogP contribution < -0.4 is 5.32 Å². The molecule has 88 valence electrons. The fourth-order valence-corrected chi connectivity index (χ4v) is 3.33. The molecular formula is C12H13N3OS. The van der Waals surface area contributed by atoms with Crippen molar-refractivity contribution in [2.45, 2.75) is 32.1 Å². The van der Waals surface area contributed by atoms with E-state index in [9.17, 15) is 15.3 Å². The number of nitriles is 2. The lowest BCUT2D eigenvalue weighted by molar-refractivity contribution is -0.126. The summed E-state index contributed by atoms with van der Waals surface area (Å²) in [6.45, 7) is 0. The Kier molecular flexibility index (Phi) is 3.13. The van der Waals surface area contributed by atoms with Gasteiger partial charge in [0.15, 0.2) is 0 Å². The van der Waals surface area contributed by atoms with Crippen LogP contribution in [0.5, 0.6) is 0 Å². The van der Waals surface area contributed by atoms with Crippen molar-refractivity contribution in [2.75, 3.05) is 0 Å². The molecule has 1 fully saturated rings. The molecule has 0 radical (unpaired) electrons. The van der Waals surface area contributed by atoms with E-state index >= 15 is 0 Å². The van der Waals surface area contributed by atoms with Crippen LogP contribution in [0.2, 0.25) is 0 Å². The summed E-state index contributed by atoms with van der Waals surface area (Å²) < 4.78 is 0. The molecule has 2 aliphatic rings. The number of carbonyl (C=O) groups excluding carboxylic acids is 1. The quantitative estimate of drug-likeness (QED) is 0.641. The molecular weight excluding hydrogens is 234 g/mol. The summed E-state index contributed by atoms with van der Waals surface area (Å²) in [6, 6.07) is 4.20. The lowest BCUT2D eigenvalue weighted by Gasteiger charge is -2.42. The zero-order chi connectivity index (χ0) is 12.5. The third kappa shape index (κ3) is 1.71. The fourth-order valence-electron chi connectivity index (χ4n) is 2.95. The van der Waals surface area contributed by atoms with Gasteiger partial charge in [0.05, 0.1) is 22.7 Å². The highest BCUT2D eigenvalue weighted by atomic mass is 32.1. The van der Waals surface area contributed by atoms with Crippen LogP contribution in [0.3, 0.4) is 0 Å². The molecule has 1 saturated carbocycles. The van der Waals surface area contributed by atoms with Crippen LogP contribution >= 0.6 is 12.6 Å². The number of nitrogens with zero attached hydrogens (tertiary/aromatic N) is 2. The fraction of sp³-hybridized carbons (Fsp3) is 0.583. The largest absolute Gasteiger partial charge is 0.319 e. The van der Waals surface area contributed by atoms with Crippen molar-refractivity contribution in [3.05, 3.63) is 10.6 Å². The molecule has 1 atom stereocenters. The molecule has 0 aromatic heterocycles. The summed E-state index contributed by atoms with van der Waals surface area (Å²) >= 11 is 4.18. The zero-order valence-electron chi connectivity index (χ0n) is 9.36. The first-order chi connectivity index (χ1) is 8.15. The first kappa shape index (κ1) is 12.0. The van der Waals surface area contributed by atoms with Gasteiger partial charge in [0.1, 0.15) is 5.92 Å². The summed E-state index contributed by atoms with van der Waals surface area (Å²) in [5.74, 6) is -1.08. The maximum atomic E-state index is 11.8. The normalized spacial score (nSPS) is 27.2. The summed E-state index contributed by atoms with van der Waals surface area (Å²) in [6.07, 6.45) is 4.47. The van der Waals surface area contributed by atoms with Gasteiger partial charge in [0.25, 0.3) is 0 Å². The van der Waals surface area contributed by atoms with E-state index in [2.05, 4.69) is 30.1 Å². The van der Waals surface area contributed by atoms with Crippen molar-refractivity contribution >= 4 is 18.5 Å². The van der Waals surface area contributed by atoms with Crippen molar-refractivity contribution in [3.8, 4) is 12.1 Å². The van der Waals surface area contributed by atoms with Crippen molar-refractivity contribution in [1.29, 1.82) is 10.5 Å². The van der Waals surface area contributed by atoms with Crippen LogP contribution in [-0.4, -0.2) is 5.91 Å². The monoisotopic (exact) mass is 247 g/mol. The second kappa shape index (κ2) is 4.43. The molecule has 5 heteroatoms. The molecule has 17 heavy (non-hydrogen) atoms. The van der Waals surface area contributed by atoms with Crippen LogP contribution in [0.4, 0.5) is 0 Å². The number of amides is 1. The molecule has 1 amide bonds. The Balaban J connectivity index is 2.55. The van der Waals surface area contributed by atoms with E-state index in [4.69, 9.17) is 0 Å². The van der Waals surface area contributed by atoms with Gasteiger partial charge < -0.3 is 5.32 Å². The number of thiol groups is 1. The van der Waals surface area contributed by atoms with Gasteiger partial charge in [-0.2, -0.15) is 10.5 Å². The van der Waals surface area contributed by atoms with E-state index < -0.39 is 11.3 Å². The van der Waals surface area contributed by atoms with Crippen molar-refractivity contribution in [3.63, 3.8) is 0 Å². The highest BCUT2D eigenvalue weighted by Crippen LogP contribution is 2.50. The topological polar surface area (TPSA) is 76.7 Å². The van der Waals surface area contributed by atoms with E-state index in [1.54, 1.807) is 0 Å². The lowest BCUT2D eigenvalue weighted by Crippen LogP contribution is -2.48. The van der Waals surface area contributed by atoms with E-state index in [1.165, 1.54) is 0 Å². The van der Waals surface area contributed by atoms with E-state index in [0.717, 1.165) is 32.1 Å². The molecule has 0 saturated heterocycles. The Morgan fingerprint density at radius 1 is 1.29 bits per heavy atom. The Morgan fingerprint density at radius 2 is 1.94 bits per heavy atom. The van der Waals surface area contributed by atoms with Gasteiger partial charge in [-0.3, -0.25) is 4.79 Å². The molecule has 1 heterocycles. The first-order valence-electron chi connectivity index (χ1n) is 5.70. The van der Waals surface area contributed by atoms with Crippen LogP contribution in [0.1, 0.15) is 32.1 Å². The molecule has 1 N–H and O–H groups in total. The van der Waals surface area contributed by atoms with Crippen LogP contribution in [-0.2, 0) is 4.79 Å². The number of allylic oxidation sites excluding steroid dienone is 1. The molecule has 0 unspecified atom stereocenters. The molecule has 1 spiro atoms. The van der Waals surface area contributed by atoms with Crippen LogP contribution in [0.15, 0.2) is 10.6 Å². The summed E-state index contributed by atoms with van der Waals surface area (Å²) in [5, 5.41) is 21.3. The molecule has 0 aromatic rings. The Hall–Kier alpha value is -1.46. The Labute approximate surface area is 106 Å². The third-order valence-electron chi connectivity index (χ3n) is 3.78. The van der Waals surface area contributed by atoms with Crippen molar-refractivity contribution in [2.24, 2.45) is 11.3 Å². The number of hydrogen-bond donors (Lipinski definition) is 2. The average molecular weight is 247 g/mol. The standard InChI is InChI=1S/C12H13N3OS/c13-6-8-10(16)15-11(17)9(7-14)12(8)4-2-1-3-5-12/h8,17H,1-5H2,(H,15,16)/t8-/m0/s1. The number of hydrogen-bond acceptors (Lipinski definition) is 4. The summed E-state index contributed by atoms with van der Waals surface area (Å²) in [7, 11) is 0.